The van der Waals surface area contributed by atoms with Crippen molar-refractivity contribution in [3.05, 3.63) is 53.6 Å². The molecule has 1 N–H and O–H groups in total. The summed E-state index contributed by atoms with van der Waals surface area (Å²) in [5.41, 5.74) is 0. The van der Waals surface area contributed by atoms with E-state index in [1.165, 1.54) is 45.0 Å². The molecule has 0 radical (unpaired) electrons. The molecule has 0 aromatic heterocycles. The lowest BCUT2D eigenvalue weighted by Gasteiger charge is -2.31. The SMILES string of the molecule is O=C(NCCOc1ccc(S(=O)(=O)N2CCCC2)cc1)C1CCCN(S(=O)(=O)c2ccc(Cl)cc2)C1. The second-order valence-corrected chi connectivity index (χ2v) is 13.2. The Hall–Kier alpha value is -2.18. The van der Waals surface area contributed by atoms with Crippen LogP contribution in [-0.2, 0) is 24.8 Å². The van der Waals surface area contributed by atoms with Crippen LogP contribution in [0.4, 0.5) is 0 Å². The van der Waals surface area contributed by atoms with E-state index < -0.39 is 26.0 Å². The van der Waals surface area contributed by atoms with Crippen molar-refractivity contribution in [3.63, 3.8) is 0 Å². The minimum Gasteiger partial charge on any atom is -0.492 e. The molecule has 0 aliphatic carbocycles. The Balaban J connectivity index is 1.24. The minimum atomic E-state index is -3.70. The van der Waals surface area contributed by atoms with Crippen LogP contribution < -0.4 is 10.1 Å². The smallest absolute Gasteiger partial charge is 0.243 e. The minimum absolute atomic E-state index is 0.116. The summed E-state index contributed by atoms with van der Waals surface area (Å²) >= 11 is 5.86. The molecule has 9 nitrogen and oxygen atoms in total. The third-order valence-electron chi connectivity index (χ3n) is 6.40. The van der Waals surface area contributed by atoms with Gasteiger partial charge in [-0.15, -0.1) is 0 Å². The van der Waals surface area contributed by atoms with Crippen LogP contribution in [0.1, 0.15) is 25.7 Å². The van der Waals surface area contributed by atoms with Gasteiger partial charge in [0.05, 0.1) is 22.3 Å². The summed E-state index contributed by atoms with van der Waals surface area (Å²) in [5.74, 6) is -0.167. The van der Waals surface area contributed by atoms with Crippen molar-refractivity contribution in [1.82, 2.24) is 13.9 Å². The summed E-state index contributed by atoms with van der Waals surface area (Å²) < 4.78 is 59.6. The zero-order chi connectivity index (χ0) is 25.8. The number of carbonyl (C=O) groups excluding carboxylic acids is 1. The van der Waals surface area contributed by atoms with E-state index in [4.69, 9.17) is 16.3 Å². The molecule has 0 bridgehead atoms. The van der Waals surface area contributed by atoms with Gasteiger partial charge in [-0.2, -0.15) is 8.61 Å². The van der Waals surface area contributed by atoms with Crippen molar-refractivity contribution in [2.24, 2.45) is 5.92 Å². The first-order chi connectivity index (χ1) is 17.2. The molecule has 0 saturated carbocycles. The van der Waals surface area contributed by atoms with E-state index in [0.717, 1.165) is 12.8 Å². The maximum atomic E-state index is 12.9. The lowest BCUT2D eigenvalue weighted by atomic mass is 9.99. The number of nitrogens with zero attached hydrogens (tertiary/aromatic N) is 2. The number of hydrogen-bond acceptors (Lipinski definition) is 6. The number of rotatable bonds is 9. The fourth-order valence-electron chi connectivity index (χ4n) is 4.40. The summed E-state index contributed by atoms with van der Waals surface area (Å²) in [5, 5.41) is 3.26. The molecular weight excluding hydrogens is 526 g/mol. The van der Waals surface area contributed by atoms with Gasteiger partial charge in [0.15, 0.2) is 0 Å². The van der Waals surface area contributed by atoms with Gasteiger partial charge >= 0.3 is 0 Å². The molecule has 2 aliphatic rings. The van der Waals surface area contributed by atoms with E-state index in [1.54, 1.807) is 12.1 Å². The fraction of sp³-hybridized carbons (Fsp3) is 0.458. The van der Waals surface area contributed by atoms with Crippen LogP contribution in [-0.4, -0.2) is 70.7 Å². The highest BCUT2D eigenvalue weighted by atomic mass is 35.5. The maximum Gasteiger partial charge on any atom is 0.243 e. The summed E-state index contributed by atoms with van der Waals surface area (Å²) in [7, 11) is -7.17. The molecule has 2 aromatic rings. The number of carbonyl (C=O) groups is 1. The molecule has 1 amide bonds. The van der Waals surface area contributed by atoms with Gasteiger partial charge in [0, 0.05) is 31.2 Å². The largest absolute Gasteiger partial charge is 0.492 e. The molecule has 36 heavy (non-hydrogen) atoms. The number of amides is 1. The molecular formula is C24H30ClN3O6S2. The Bertz CT molecular complexity index is 1260. The van der Waals surface area contributed by atoms with Crippen molar-refractivity contribution in [3.8, 4) is 5.75 Å². The number of sulfonamides is 2. The molecule has 1 unspecified atom stereocenters. The van der Waals surface area contributed by atoms with Crippen LogP contribution in [0.15, 0.2) is 58.3 Å². The number of piperidine rings is 1. The fourth-order valence-corrected chi connectivity index (χ4v) is 7.57. The number of ether oxygens (including phenoxy) is 1. The Morgan fingerprint density at radius 1 is 0.861 bits per heavy atom. The first kappa shape index (κ1) is 26.9. The standard InChI is InChI=1S/C24H30ClN3O6S2/c25-20-5-9-22(10-6-20)36(32,33)28-16-3-4-19(18-28)24(29)26-13-17-34-21-7-11-23(12-8-21)35(30,31)27-14-1-2-15-27/h5-12,19H,1-4,13-18H2,(H,26,29). The third-order valence-corrected chi connectivity index (χ3v) is 10.4. The van der Waals surface area contributed by atoms with E-state index in [9.17, 15) is 21.6 Å². The Morgan fingerprint density at radius 2 is 1.42 bits per heavy atom. The maximum absolute atomic E-state index is 12.9. The quantitative estimate of drug-likeness (QED) is 0.476. The first-order valence-corrected chi connectivity index (χ1v) is 15.2. The van der Waals surface area contributed by atoms with E-state index in [0.29, 0.717) is 43.2 Å². The predicted molar refractivity (Wildman–Crippen MR) is 136 cm³/mol. The van der Waals surface area contributed by atoms with E-state index in [2.05, 4.69) is 5.32 Å². The average molecular weight is 556 g/mol. The number of halogens is 1. The van der Waals surface area contributed by atoms with Crippen molar-refractivity contribution in [2.45, 2.75) is 35.5 Å². The summed E-state index contributed by atoms with van der Waals surface area (Å²) in [6.45, 7) is 2.01. The van der Waals surface area contributed by atoms with E-state index in [1.807, 2.05) is 0 Å². The Morgan fingerprint density at radius 3 is 2.06 bits per heavy atom. The van der Waals surface area contributed by atoms with Gasteiger partial charge in [-0.05, 0) is 74.2 Å². The van der Waals surface area contributed by atoms with Gasteiger partial charge in [-0.1, -0.05) is 11.6 Å². The van der Waals surface area contributed by atoms with Gasteiger partial charge in [0.2, 0.25) is 26.0 Å². The number of benzene rings is 2. The molecule has 4 rings (SSSR count). The zero-order valence-electron chi connectivity index (χ0n) is 19.8. The zero-order valence-corrected chi connectivity index (χ0v) is 22.2. The highest BCUT2D eigenvalue weighted by Crippen LogP contribution is 2.25. The summed E-state index contributed by atoms with van der Waals surface area (Å²) in [4.78, 5) is 13.1. The van der Waals surface area contributed by atoms with Crippen LogP contribution in [0.5, 0.6) is 5.75 Å². The molecule has 2 aliphatic heterocycles. The summed E-state index contributed by atoms with van der Waals surface area (Å²) in [6, 6.07) is 12.3. The van der Waals surface area contributed by atoms with Gasteiger partial charge in [-0.3, -0.25) is 4.79 Å². The molecule has 196 valence electrons. The van der Waals surface area contributed by atoms with Gasteiger partial charge in [-0.25, -0.2) is 16.8 Å². The Labute approximate surface area is 217 Å². The van der Waals surface area contributed by atoms with Gasteiger partial charge in [0.25, 0.3) is 0 Å². The highest BCUT2D eigenvalue weighted by Gasteiger charge is 2.33. The van der Waals surface area contributed by atoms with Crippen molar-refractivity contribution < 1.29 is 26.4 Å². The first-order valence-electron chi connectivity index (χ1n) is 11.9. The van der Waals surface area contributed by atoms with E-state index >= 15 is 0 Å². The third kappa shape index (κ3) is 6.20. The lowest BCUT2D eigenvalue weighted by Crippen LogP contribution is -2.45. The van der Waals surface area contributed by atoms with Crippen LogP contribution in [0.3, 0.4) is 0 Å². The van der Waals surface area contributed by atoms with Crippen LogP contribution in [0.25, 0.3) is 0 Å². The topological polar surface area (TPSA) is 113 Å². The monoisotopic (exact) mass is 555 g/mol. The van der Waals surface area contributed by atoms with Crippen molar-refractivity contribution in [1.29, 1.82) is 0 Å². The summed E-state index contributed by atoms with van der Waals surface area (Å²) in [6.07, 6.45) is 2.95. The number of nitrogens with one attached hydrogen (secondary N) is 1. The van der Waals surface area contributed by atoms with E-state index in [-0.39, 0.29) is 35.4 Å². The molecule has 12 heteroatoms. The lowest BCUT2D eigenvalue weighted by molar-refractivity contribution is -0.126. The molecule has 2 fully saturated rings. The average Bonchev–Trinajstić information content (AvgIpc) is 3.43. The number of hydrogen-bond donors (Lipinski definition) is 1. The van der Waals surface area contributed by atoms with Gasteiger partial charge < -0.3 is 10.1 Å². The molecule has 2 aromatic carbocycles. The molecule has 2 heterocycles. The molecule has 1 atom stereocenters. The van der Waals surface area contributed by atoms with Crippen molar-refractivity contribution >= 4 is 37.6 Å². The Kier molecular flexibility index (Phi) is 8.56. The second kappa shape index (κ2) is 11.5. The van der Waals surface area contributed by atoms with Crippen LogP contribution in [0, 0.1) is 5.92 Å². The second-order valence-electron chi connectivity index (χ2n) is 8.88. The van der Waals surface area contributed by atoms with Crippen LogP contribution >= 0.6 is 11.6 Å². The predicted octanol–water partition coefficient (Wildman–Crippen LogP) is 2.72. The normalized spacial score (nSPS) is 19.8. The van der Waals surface area contributed by atoms with Crippen LogP contribution in [0.2, 0.25) is 5.02 Å². The highest BCUT2D eigenvalue weighted by molar-refractivity contribution is 7.89. The molecule has 0 spiro atoms. The molecule has 2 saturated heterocycles. The van der Waals surface area contributed by atoms with Crippen molar-refractivity contribution in [2.75, 3.05) is 39.3 Å². The van der Waals surface area contributed by atoms with Gasteiger partial charge in [0.1, 0.15) is 12.4 Å².